The number of hydrogen-bond donors (Lipinski definition) is 2. The fourth-order valence-corrected chi connectivity index (χ4v) is 4.27. The molecule has 3 rings (SSSR count). The molecular formula is C24H27NO4S. The molecule has 3 aromatic carbocycles. The first-order valence-corrected chi connectivity index (χ1v) is 11.4. The van der Waals surface area contributed by atoms with E-state index in [0.717, 1.165) is 22.4 Å². The van der Waals surface area contributed by atoms with Gasteiger partial charge < -0.3 is 9.84 Å². The lowest BCUT2D eigenvalue weighted by Gasteiger charge is -2.24. The normalized spacial score (nSPS) is 13.6. The third-order valence-corrected chi connectivity index (χ3v) is 6.39. The topological polar surface area (TPSA) is 75.6 Å². The van der Waals surface area contributed by atoms with Gasteiger partial charge in [0.25, 0.3) is 0 Å². The van der Waals surface area contributed by atoms with Crippen molar-refractivity contribution in [3.05, 3.63) is 90.0 Å². The van der Waals surface area contributed by atoms with E-state index >= 15 is 0 Å². The van der Waals surface area contributed by atoms with Crippen LogP contribution in [0.1, 0.15) is 18.1 Å². The molecule has 0 heterocycles. The highest BCUT2D eigenvalue weighted by molar-refractivity contribution is 7.89. The molecule has 1 unspecified atom stereocenters. The van der Waals surface area contributed by atoms with Crippen LogP contribution >= 0.6 is 0 Å². The predicted molar refractivity (Wildman–Crippen MR) is 120 cm³/mol. The molecule has 158 valence electrons. The highest BCUT2D eigenvalue weighted by Crippen LogP contribution is 2.25. The highest BCUT2D eigenvalue weighted by Gasteiger charge is 2.25. The molecule has 0 fully saturated rings. The minimum Gasteiger partial charge on any atom is -0.497 e. The van der Waals surface area contributed by atoms with Crippen LogP contribution in [0.4, 0.5) is 0 Å². The van der Waals surface area contributed by atoms with E-state index in [0.29, 0.717) is 12.0 Å². The molecule has 0 aliphatic carbocycles. The molecule has 0 radical (unpaired) electrons. The summed E-state index contributed by atoms with van der Waals surface area (Å²) >= 11 is 0. The molecule has 0 aromatic heterocycles. The van der Waals surface area contributed by atoms with Crippen molar-refractivity contribution < 1.29 is 18.3 Å². The first kappa shape index (κ1) is 22.0. The van der Waals surface area contributed by atoms with Gasteiger partial charge in [0.15, 0.2) is 0 Å². The van der Waals surface area contributed by atoms with E-state index in [1.54, 1.807) is 26.2 Å². The average Bonchev–Trinajstić information content (AvgIpc) is 2.78. The molecule has 6 heteroatoms. The Morgan fingerprint density at radius 1 is 0.900 bits per heavy atom. The van der Waals surface area contributed by atoms with E-state index in [-0.39, 0.29) is 12.3 Å². The minimum absolute atomic E-state index is 0.0532. The Kier molecular flexibility index (Phi) is 6.92. The van der Waals surface area contributed by atoms with Gasteiger partial charge in [0.05, 0.1) is 12.9 Å². The van der Waals surface area contributed by atoms with Crippen LogP contribution in [-0.2, 0) is 22.0 Å². The van der Waals surface area contributed by atoms with Crippen LogP contribution in [0.5, 0.6) is 5.75 Å². The number of aliphatic hydroxyl groups is 1. The number of nitrogens with one attached hydrogen (secondary N) is 1. The first-order chi connectivity index (χ1) is 14.3. The number of aryl methyl sites for hydroxylation is 1. The van der Waals surface area contributed by atoms with Crippen molar-refractivity contribution in [3.63, 3.8) is 0 Å². The lowest BCUT2D eigenvalue weighted by atomic mass is 9.94. The fourth-order valence-electron chi connectivity index (χ4n) is 3.12. The van der Waals surface area contributed by atoms with Crippen molar-refractivity contribution in [3.8, 4) is 16.9 Å². The second-order valence-corrected chi connectivity index (χ2v) is 9.38. The Hall–Kier alpha value is -2.67. The third kappa shape index (κ3) is 5.92. The molecule has 0 aliphatic rings. The standard InChI is InChI=1S/C24H27NO4S/c1-24(26,22-12-10-21(11-13-22)20-6-4-3-5-7-20)18-25-30(27,28)17-16-19-8-14-23(29-2)15-9-19/h3-15,25-26H,16-18H2,1-2H3. The Morgan fingerprint density at radius 2 is 1.50 bits per heavy atom. The van der Waals surface area contributed by atoms with Crippen LogP contribution in [0.15, 0.2) is 78.9 Å². The van der Waals surface area contributed by atoms with E-state index in [9.17, 15) is 13.5 Å². The molecule has 0 saturated heterocycles. The van der Waals surface area contributed by atoms with E-state index in [2.05, 4.69) is 4.72 Å². The van der Waals surface area contributed by atoms with Crippen molar-refractivity contribution in [1.82, 2.24) is 4.72 Å². The Balaban J connectivity index is 1.58. The molecule has 1 atom stereocenters. The van der Waals surface area contributed by atoms with E-state index in [1.807, 2.05) is 66.7 Å². The summed E-state index contributed by atoms with van der Waals surface area (Å²) in [6.07, 6.45) is 0.382. The van der Waals surface area contributed by atoms with Gasteiger partial charge in [-0.05, 0) is 47.7 Å². The fraction of sp³-hybridized carbons (Fsp3) is 0.250. The number of rotatable bonds is 9. The van der Waals surface area contributed by atoms with E-state index in [4.69, 9.17) is 4.74 Å². The summed E-state index contributed by atoms with van der Waals surface area (Å²) in [5.74, 6) is 0.677. The van der Waals surface area contributed by atoms with Crippen molar-refractivity contribution in [2.75, 3.05) is 19.4 Å². The summed E-state index contributed by atoms with van der Waals surface area (Å²) in [6.45, 7) is 1.51. The maximum atomic E-state index is 12.4. The van der Waals surface area contributed by atoms with Gasteiger partial charge in [0.1, 0.15) is 11.4 Å². The number of ether oxygens (including phenoxy) is 1. The summed E-state index contributed by atoms with van der Waals surface area (Å²) in [5.41, 5.74) is 2.37. The van der Waals surface area contributed by atoms with Crippen molar-refractivity contribution in [2.24, 2.45) is 0 Å². The number of methoxy groups -OCH3 is 1. The second kappa shape index (κ2) is 9.43. The lowest BCUT2D eigenvalue weighted by molar-refractivity contribution is 0.0628. The number of hydrogen-bond acceptors (Lipinski definition) is 4. The first-order valence-electron chi connectivity index (χ1n) is 9.78. The maximum absolute atomic E-state index is 12.4. The average molecular weight is 426 g/mol. The number of benzene rings is 3. The molecule has 5 nitrogen and oxygen atoms in total. The van der Waals surface area contributed by atoms with Gasteiger partial charge in [-0.25, -0.2) is 13.1 Å². The van der Waals surface area contributed by atoms with Crippen LogP contribution in [0.2, 0.25) is 0 Å². The SMILES string of the molecule is COc1ccc(CCS(=O)(=O)NCC(C)(O)c2ccc(-c3ccccc3)cc2)cc1. The molecule has 3 aromatic rings. The Bertz CT molecular complexity index is 1040. The molecular weight excluding hydrogens is 398 g/mol. The van der Waals surface area contributed by atoms with Gasteiger partial charge in [0.2, 0.25) is 10.0 Å². The predicted octanol–water partition coefficient (Wildman–Crippen LogP) is 3.73. The van der Waals surface area contributed by atoms with Crippen LogP contribution in [0, 0.1) is 0 Å². The summed E-state index contributed by atoms with van der Waals surface area (Å²) in [6, 6.07) is 24.8. The van der Waals surface area contributed by atoms with Crippen LogP contribution < -0.4 is 9.46 Å². The van der Waals surface area contributed by atoms with Gasteiger partial charge in [-0.15, -0.1) is 0 Å². The van der Waals surface area contributed by atoms with Gasteiger partial charge in [-0.3, -0.25) is 0 Å². The monoisotopic (exact) mass is 425 g/mol. The van der Waals surface area contributed by atoms with Gasteiger partial charge >= 0.3 is 0 Å². The van der Waals surface area contributed by atoms with Crippen LogP contribution in [0.25, 0.3) is 11.1 Å². The van der Waals surface area contributed by atoms with E-state index < -0.39 is 15.6 Å². The van der Waals surface area contributed by atoms with Crippen molar-refractivity contribution >= 4 is 10.0 Å². The van der Waals surface area contributed by atoms with Crippen LogP contribution in [0.3, 0.4) is 0 Å². The summed E-state index contributed by atoms with van der Waals surface area (Å²) in [5, 5.41) is 10.8. The molecule has 0 spiro atoms. The molecule has 0 saturated carbocycles. The van der Waals surface area contributed by atoms with Crippen molar-refractivity contribution in [2.45, 2.75) is 18.9 Å². The third-order valence-electron chi connectivity index (χ3n) is 5.07. The molecule has 0 amide bonds. The zero-order valence-electron chi connectivity index (χ0n) is 17.2. The largest absolute Gasteiger partial charge is 0.497 e. The van der Waals surface area contributed by atoms with Gasteiger partial charge in [-0.2, -0.15) is 0 Å². The van der Waals surface area contributed by atoms with E-state index in [1.165, 1.54) is 0 Å². The second-order valence-electron chi connectivity index (χ2n) is 7.46. The Labute approximate surface area is 178 Å². The molecule has 2 N–H and O–H groups in total. The maximum Gasteiger partial charge on any atom is 0.212 e. The molecule has 0 aliphatic heterocycles. The van der Waals surface area contributed by atoms with Gasteiger partial charge in [-0.1, -0.05) is 66.7 Å². The summed E-state index contributed by atoms with van der Waals surface area (Å²) in [7, 11) is -1.94. The van der Waals surface area contributed by atoms with Gasteiger partial charge in [0, 0.05) is 6.54 Å². The Morgan fingerprint density at radius 3 is 2.10 bits per heavy atom. The summed E-state index contributed by atoms with van der Waals surface area (Å²) < 4.78 is 32.4. The zero-order valence-corrected chi connectivity index (χ0v) is 18.0. The molecule has 0 bridgehead atoms. The quantitative estimate of drug-likeness (QED) is 0.548. The molecule has 30 heavy (non-hydrogen) atoms. The minimum atomic E-state index is -3.53. The smallest absolute Gasteiger partial charge is 0.212 e. The van der Waals surface area contributed by atoms with Crippen LogP contribution in [-0.4, -0.2) is 32.9 Å². The lowest BCUT2D eigenvalue weighted by Crippen LogP contribution is -2.39. The number of sulfonamides is 1. The zero-order chi connectivity index (χ0) is 21.6. The van der Waals surface area contributed by atoms with Crippen molar-refractivity contribution in [1.29, 1.82) is 0 Å². The summed E-state index contributed by atoms with van der Waals surface area (Å²) in [4.78, 5) is 0. The highest BCUT2D eigenvalue weighted by atomic mass is 32.2.